The van der Waals surface area contributed by atoms with Crippen LogP contribution in [0.15, 0.2) is 0 Å². The number of hydrogen-bond acceptors (Lipinski definition) is 4. The van der Waals surface area contributed by atoms with Gasteiger partial charge in [-0.2, -0.15) is 0 Å². The molecule has 0 amide bonds. The second kappa shape index (κ2) is 4.44. The zero-order valence-electron chi connectivity index (χ0n) is 13.9. The Morgan fingerprint density at radius 2 is 2.14 bits per heavy atom. The lowest BCUT2D eigenvalue weighted by Gasteiger charge is -2.65. The Bertz CT molecular complexity index is 499. The van der Waals surface area contributed by atoms with Gasteiger partial charge in [-0.1, -0.05) is 13.8 Å². The van der Waals surface area contributed by atoms with Gasteiger partial charge in [-0.05, 0) is 57.4 Å². The van der Waals surface area contributed by atoms with E-state index in [1.165, 1.54) is 38.8 Å². The van der Waals surface area contributed by atoms with Gasteiger partial charge in [-0.25, -0.2) is 0 Å². The van der Waals surface area contributed by atoms with Crippen molar-refractivity contribution >= 4 is 11.8 Å². The summed E-state index contributed by atoms with van der Waals surface area (Å²) in [6.45, 7) is 7.06. The van der Waals surface area contributed by atoms with Crippen LogP contribution in [0.5, 0.6) is 0 Å². The quantitative estimate of drug-likeness (QED) is 0.847. The van der Waals surface area contributed by atoms with E-state index in [2.05, 4.69) is 18.7 Å². The highest BCUT2D eigenvalue weighted by Crippen LogP contribution is 2.73. The van der Waals surface area contributed by atoms with Gasteiger partial charge in [-0.3, -0.25) is 4.90 Å². The number of aliphatic hydroxyl groups is 1. The minimum absolute atomic E-state index is 0.0366. The first-order valence-corrected chi connectivity index (χ1v) is 10.4. The van der Waals surface area contributed by atoms with Gasteiger partial charge in [0.15, 0.2) is 0 Å². The van der Waals surface area contributed by atoms with Crippen LogP contribution >= 0.6 is 11.8 Å². The highest BCUT2D eigenvalue weighted by molar-refractivity contribution is 7.99. The van der Waals surface area contributed by atoms with Crippen LogP contribution < -0.4 is 0 Å². The van der Waals surface area contributed by atoms with E-state index < -0.39 is 5.60 Å². The van der Waals surface area contributed by atoms with Crippen LogP contribution in [0, 0.1) is 17.3 Å². The molecule has 22 heavy (non-hydrogen) atoms. The van der Waals surface area contributed by atoms with Crippen LogP contribution in [0.2, 0.25) is 0 Å². The lowest BCUT2D eigenvalue weighted by molar-refractivity contribution is -0.256. The summed E-state index contributed by atoms with van der Waals surface area (Å²) in [5.41, 5.74) is 0.0330. The van der Waals surface area contributed by atoms with Crippen LogP contribution in [-0.2, 0) is 4.74 Å². The molecule has 3 heterocycles. The number of piperidine rings is 2. The van der Waals surface area contributed by atoms with Crippen molar-refractivity contribution in [3.63, 3.8) is 0 Å². The van der Waals surface area contributed by atoms with Crippen LogP contribution in [0.3, 0.4) is 0 Å². The summed E-state index contributed by atoms with van der Waals surface area (Å²) in [5.74, 6) is 2.12. The normalized spacial score (nSPS) is 59.6. The Morgan fingerprint density at radius 3 is 2.95 bits per heavy atom. The molecule has 3 saturated heterocycles. The Kier molecular flexibility index (Phi) is 2.94. The molecule has 7 atom stereocenters. The zero-order valence-corrected chi connectivity index (χ0v) is 14.7. The molecule has 2 saturated carbocycles. The third-order valence-corrected chi connectivity index (χ3v) is 9.24. The first kappa shape index (κ1) is 14.6. The third-order valence-electron chi connectivity index (χ3n) is 7.95. The average Bonchev–Trinajstić information content (AvgIpc) is 2.58. The molecule has 5 aliphatic rings. The maximum Gasteiger partial charge on any atom is 0.109 e. The predicted octanol–water partition coefficient (Wildman–Crippen LogP) is 2.87. The minimum atomic E-state index is -0.447. The van der Waals surface area contributed by atoms with Crippen molar-refractivity contribution in [2.24, 2.45) is 17.3 Å². The van der Waals surface area contributed by atoms with E-state index in [1.54, 1.807) is 0 Å². The lowest BCUT2D eigenvalue weighted by Crippen LogP contribution is -2.76. The molecule has 0 radical (unpaired) electrons. The van der Waals surface area contributed by atoms with Crippen molar-refractivity contribution in [1.29, 1.82) is 0 Å². The molecule has 1 spiro atoms. The molecule has 0 aromatic carbocycles. The topological polar surface area (TPSA) is 32.7 Å². The molecule has 0 aromatic rings. The van der Waals surface area contributed by atoms with Crippen molar-refractivity contribution < 1.29 is 9.84 Å². The molecule has 124 valence electrons. The summed E-state index contributed by atoms with van der Waals surface area (Å²) in [6.07, 6.45) is 7.41. The fourth-order valence-corrected chi connectivity index (χ4v) is 8.56. The van der Waals surface area contributed by atoms with E-state index in [9.17, 15) is 5.11 Å². The predicted molar refractivity (Wildman–Crippen MR) is 88.8 cm³/mol. The average molecular weight is 324 g/mol. The van der Waals surface area contributed by atoms with Gasteiger partial charge in [0.05, 0.1) is 17.2 Å². The summed E-state index contributed by atoms with van der Waals surface area (Å²) >= 11 is 1.98. The van der Waals surface area contributed by atoms with Crippen molar-refractivity contribution in [2.45, 2.75) is 75.1 Å². The van der Waals surface area contributed by atoms with Gasteiger partial charge in [-0.15, -0.1) is 11.8 Å². The first-order chi connectivity index (χ1) is 10.6. The van der Waals surface area contributed by atoms with E-state index in [1.807, 2.05) is 11.8 Å². The Balaban J connectivity index is 1.69. The van der Waals surface area contributed by atoms with E-state index >= 15 is 0 Å². The summed E-state index contributed by atoms with van der Waals surface area (Å²) < 4.78 is 6.65. The van der Waals surface area contributed by atoms with E-state index in [4.69, 9.17) is 4.74 Å². The monoisotopic (exact) mass is 323 g/mol. The van der Waals surface area contributed by atoms with Gasteiger partial charge < -0.3 is 9.84 Å². The van der Waals surface area contributed by atoms with Crippen LogP contribution in [0.4, 0.5) is 0 Å². The molecule has 2 aliphatic carbocycles. The molecule has 4 heteroatoms. The third kappa shape index (κ3) is 1.40. The van der Waals surface area contributed by atoms with Crippen LogP contribution in [-0.4, -0.2) is 51.5 Å². The second-order valence-electron chi connectivity index (χ2n) is 8.62. The molecule has 5 rings (SSSR count). The zero-order chi connectivity index (χ0) is 15.2. The first-order valence-electron chi connectivity index (χ1n) is 9.31. The molecule has 0 aromatic heterocycles. The van der Waals surface area contributed by atoms with Gasteiger partial charge in [0.25, 0.3) is 0 Å². The Morgan fingerprint density at radius 1 is 1.32 bits per heavy atom. The van der Waals surface area contributed by atoms with Crippen LogP contribution in [0.1, 0.15) is 52.4 Å². The fraction of sp³-hybridized carbons (Fsp3) is 1.00. The highest BCUT2D eigenvalue weighted by Gasteiger charge is 2.79. The molecular formula is C18H29NO2S. The number of thioether (sulfide) groups is 1. The molecule has 3 aliphatic heterocycles. The smallest absolute Gasteiger partial charge is 0.109 e. The summed E-state index contributed by atoms with van der Waals surface area (Å²) in [7, 11) is 0. The molecular weight excluding hydrogens is 294 g/mol. The van der Waals surface area contributed by atoms with E-state index in [0.717, 1.165) is 18.6 Å². The molecule has 1 unspecified atom stereocenters. The largest absolute Gasteiger partial charge is 0.388 e. The van der Waals surface area contributed by atoms with Crippen molar-refractivity contribution in [1.82, 2.24) is 4.90 Å². The molecule has 3 bridgehead atoms. The van der Waals surface area contributed by atoms with Gasteiger partial charge >= 0.3 is 0 Å². The number of nitrogens with zero attached hydrogens (tertiary/aromatic N) is 1. The number of ether oxygens (including phenoxy) is 1. The van der Waals surface area contributed by atoms with Crippen molar-refractivity contribution in [3.05, 3.63) is 0 Å². The van der Waals surface area contributed by atoms with Crippen LogP contribution in [0.25, 0.3) is 0 Å². The maximum absolute atomic E-state index is 12.0. The summed E-state index contributed by atoms with van der Waals surface area (Å²) in [6, 6.07) is 0. The standard InChI is InChI=1S/C18H29NO2S/c1-3-22-15-16(2)11-17-12-6-4-8-19(17)9-5-7-18(17,20)14(16)10-13(12)21-15/h12-15,20H,3-11H2,1-2H3/t12-,13-,14-,15?,16-,17+,18+/m1/s1. The van der Waals surface area contributed by atoms with Gasteiger partial charge in [0.1, 0.15) is 5.44 Å². The second-order valence-corrected chi connectivity index (χ2v) is 9.96. The summed E-state index contributed by atoms with van der Waals surface area (Å²) in [4.78, 5) is 2.71. The summed E-state index contributed by atoms with van der Waals surface area (Å²) in [5, 5.41) is 12.0. The highest BCUT2D eigenvalue weighted by atomic mass is 32.2. The van der Waals surface area contributed by atoms with Crippen molar-refractivity contribution in [2.75, 3.05) is 18.8 Å². The van der Waals surface area contributed by atoms with Crippen molar-refractivity contribution in [3.8, 4) is 0 Å². The lowest BCUT2D eigenvalue weighted by atomic mass is 9.55. The van der Waals surface area contributed by atoms with Gasteiger partial charge in [0.2, 0.25) is 0 Å². The SMILES string of the molecule is CCSC1O[C@@H]2C[C@@H]3[C@@]1(C)C[C@@]14[C@@H]2CCCN1CCC[C@]34O. The Hall–Kier alpha value is 0.230. The maximum atomic E-state index is 12.0. The van der Waals surface area contributed by atoms with Gasteiger partial charge in [0, 0.05) is 17.3 Å². The minimum Gasteiger partial charge on any atom is -0.388 e. The molecule has 3 nitrogen and oxygen atoms in total. The Labute approximate surface area is 138 Å². The molecule has 1 N–H and O–H groups in total. The van der Waals surface area contributed by atoms with E-state index in [0.29, 0.717) is 17.9 Å². The number of rotatable bonds is 2. The fourth-order valence-electron chi connectivity index (χ4n) is 7.41. The van der Waals surface area contributed by atoms with E-state index in [-0.39, 0.29) is 16.4 Å². The number of fused-ring (bicyclic) bond motifs is 2. The molecule has 5 fully saturated rings. The number of hydrogen-bond donors (Lipinski definition) is 1.